The molecule has 0 rings (SSSR count). The lowest BCUT2D eigenvalue weighted by atomic mass is 10.1. The van der Waals surface area contributed by atoms with E-state index in [9.17, 15) is 19.5 Å². The van der Waals surface area contributed by atoms with E-state index < -0.39 is 41.8 Å². The third kappa shape index (κ3) is 8.39. The van der Waals surface area contributed by atoms with Crippen LogP contribution in [0.1, 0.15) is 47.5 Å². The molecule has 0 saturated heterocycles. The highest BCUT2D eigenvalue weighted by Crippen LogP contribution is 2.08. The number of alkyl carbamates (subject to hydrolysis) is 1. The Morgan fingerprint density at radius 3 is 2.13 bits per heavy atom. The number of amides is 2. The fraction of sp³-hybridized carbons (Fsp3) is 0.800. The van der Waals surface area contributed by atoms with Gasteiger partial charge in [0.05, 0.1) is 13.2 Å². The van der Waals surface area contributed by atoms with Crippen LogP contribution in [0.4, 0.5) is 4.79 Å². The SMILES string of the molecule is CCC[C@H](NC(=O)OC(C)(C)C)C(=O)N[C@H](C(=O)OC)[C@@H](C)O. The summed E-state index contributed by atoms with van der Waals surface area (Å²) >= 11 is 0. The monoisotopic (exact) mass is 332 g/mol. The maximum absolute atomic E-state index is 12.3. The summed E-state index contributed by atoms with van der Waals surface area (Å²) in [5.41, 5.74) is -0.689. The molecule has 8 heteroatoms. The molecule has 2 amide bonds. The van der Waals surface area contributed by atoms with E-state index in [0.29, 0.717) is 12.8 Å². The van der Waals surface area contributed by atoms with Crippen LogP contribution < -0.4 is 10.6 Å². The zero-order valence-electron chi connectivity index (χ0n) is 14.6. The van der Waals surface area contributed by atoms with Crippen molar-refractivity contribution in [3.8, 4) is 0 Å². The van der Waals surface area contributed by atoms with Crippen molar-refractivity contribution in [3.05, 3.63) is 0 Å². The van der Waals surface area contributed by atoms with Crippen molar-refractivity contribution in [1.82, 2.24) is 10.6 Å². The number of hydrogen-bond donors (Lipinski definition) is 3. The van der Waals surface area contributed by atoms with Gasteiger partial charge in [0, 0.05) is 0 Å². The number of nitrogens with one attached hydrogen (secondary N) is 2. The van der Waals surface area contributed by atoms with Crippen LogP contribution in [0.15, 0.2) is 0 Å². The number of methoxy groups -OCH3 is 1. The summed E-state index contributed by atoms with van der Waals surface area (Å²) < 4.78 is 9.65. The molecule has 8 nitrogen and oxygen atoms in total. The van der Waals surface area contributed by atoms with E-state index in [1.165, 1.54) is 6.92 Å². The van der Waals surface area contributed by atoms with E-state index in [2.05, 4.69) is 15.4 Å². The smallest absolute Gasteiger partial charge is 0.408 e. The highest BCUT2D eigenvalue weighted by atomic mass is 16.6. The molecule has 0 aromatic carbocycles. The Bertz CT molecular complexity index is 417. The predicted octanol–water partition coefficient (Wildman–Crippen LogP) is 0.718. The summed E-state index contributed by atoms with van der Waals surface area (Å²) in [6, 6.07) is -2.08. The van der Waals surface area contributed by atoms with Gasteiger partial charge in [0.1, 0.15) is 11.6 Å². The Kier molecular flexibility index (Phi) is 8.60. The van der Waals surface area contributed by atoms with E-state index in [-0.39, 0.29) is 0 Å². The predicted molar refractivity (Wildman–Crippen MR) is 83.7 cm³/mol. The van der Waals surface area contributed by atoms with Crippen LogP contribution in [-0.2, 0) is 19.1 Å². The maximum Gasteiger partial charge on any atom is 0.408 e. The van der Waals surface area contributed by atoms with Crippen molar-refractivity contribution in [1.29, 1.82) is 0 Å². The second kappa shape index (κ2) is 9.34. The molecule has 0 bridgehead atoms. The van der Waals surface area contributed by atoms with E-state index in [1.807, 2.05) is 6.92 Å². The molecule has 23 heavy (non-hydrogen) atoms. The molecule has 3 atom stereocenters. The molecule has 0 aromatic rings. The average molecular weight is 332 g/mol. The number of aliphatic hydroxyl groups is 1. The highest BCUT2D eigenvalue weighted by molar-refractivity contribution is 5.89. The Balaban J connectivity index is 4.90. The summed E-state index contributed by atoms with van der Waals surface area (Å²) in [5.74, 6) is -1.35. The molecule has 0 unspecified atom stereocenters. The lowest BCUT2D eigenvalue weighted by molar-refractivity contribution is -0.148. The van der Waals surface area contributed by atoms with Crippen molar-refractivity contribution >= 4 is 18.0 Å². The molecule has 0 spiro atoms. The lowest BCUT2D eigenvalue weighted by Gasteiger charge is -2.25. The first-order valence-electron chi connectivity index (χ1n) is 7.57. The topological polar surface area (TPSA) is 114 Å². The minimum Gasteiger partial charge on any atom is -0.467 e. The first-order chi connectivity index (χ1) is 10.5. The molecule has 0 aliphatic rings. The minimum atomic E-state index is -1.20. The maximum atomic E-state index is 12.3. The van der Waals surface area contributed by atoms with Gasteiger partial charge in [0.2, 0.25) is 5.91 Å². The molecule has 134 valence electrons. The van der Waals surface area contributed by atoms with E-state index in [0.717, 1.165) is 7.11 Å². The standard InChI is InChI=1S/C15H28N2O6/c1-7-8-10(16-14(21)23-15(3,4)5)12(19)17-11(9(2)18)13(20)22-6/h9-11,18H,7-8H2,1-6H3,(H,16,21)(H,17,19)/t9-,10+,11+/m1/s1. The van der Waals surface area contributed by atoms with Crippen molar-refractivity contribution < 1.29 is 29.0 Å². The van der Waals surface area contributed by atoms with E-state index >= 15 is 0 Å². The normalized spacial score (nSPS) is 15.1. The first-order valence-corrected chi connectivity index (χ1v) is 7.57. The average Bonchev–Trinajstić information content (AvgIpc) is 2.40. The molecule has 0 aliphatic carbocycles. The summed E-state index contributed by atoms with van der Waals surface area (Å²) in [6.07, 6.45) is -0.863. The van der Waals surface area contributed by atoms with Crippen molar-refractivity contribution in [2.24, 2.45) is 0 Å². The van der Waals surface area contributed by atoms with E-state index in [1.54, 1.807) is 20.8 Å². The van der Waals surface area contributed by atoms with Crippen LogP contribution in [0.2, 0.25) is 0 Å². The van der Waals surface area contributed by atoms with Gasteiger partial charge in [-0.3, -0.25) is 4.79 Å². The van der Waals surface area contributed by atoms with Crippen LogP contribution in [0, 0.1) is 0 Å². The van der Waals surface area contributed by atoms with Crippen molar-refractivity contribution in [3.63, 3.8) is 0 Å². The van der Waals surface area contributed by atoms with Crippen LogP contribution in [-0.4, -0.2) is 54.0 Å². The molecule has 0 fully saturated rings. The fourth-order valence-electron chi connectivity index (χ4n) is 1.76. The zero-order valence-corrected chi connectivity index (χ0v) is 14.6. The van der Waals surface area contributed by atoms with Gasteiger partial charge in [-0.1, -0.05) is 13.3 Å². The fourth-order valence-corrected chi connectivity index (χ4v) is 1.76. The Morgan fingerprint density at radius 2 is 1.74 bits per heavy atom. The highest BCUT2D eigenvalue weighted by Gasteiger charge is 2.30. The molecular weight excluding hydrogens is 304 g/mol. The van der Waals surface area contributed by atoms with Crippen molar-refractivity contribution in [2.45, 2.75) is 71.2 Å². The number of carbonyl (C=O) groups excluding carboxylic acids is 3. The molecule has 0 saturated carbocycles. The molecule has 0 aliphatic heterocycles. The molecule has 0 aromatic heterocycles. The van der Waals surface area contributed by atoms with Gasteiger partial charge in [-0.05, 0) is 34.1 Å². The van der Waals surface area contributed by atoms with Gasteiger partial charge in [-0.15, -0.1) is 0 Å². The number of esters is 1. The van der Waals surface area contributed by atoms with Gasteiger partial charge >= 0.3 is 12.1 Å². The van der Waals surface area contributed by atoms with Crippen LogP contribution in [0.5, 0.6) is 0 Å². The minimum absolute atomic E-state index is 0.360. The third-order valence-electron chi connectivity index (χ3n) is 2.82. The van der Waals surface area contributed by atoms with Gasteiger partial charge in [0.15, 0.2) is 6.04 Å². The Labute approximate surface area is 136 Å². The van der Waals surface area contributed by atoms with Crippen LogP contribution in [0.3, 0.4) is 0 Å². The largest absolute Gasteiger partial charge is 0.467 e. The van der Waals surface area contributed by atoms with Gasteiger partial charge < -0.3 is 25.2 Å². The second-order valence-corrected chi connectivity index (χ2v) is 6.24. The quantitative estimate of drug-likeness (QED) is 0.592. The molecule has 0 radical (unpaired) electrons. The van der Waals surface area contributed by atoms with Gasteiger partial charge in [-0.2, -0.15) is 0 Å². The zero-order chi connectivity index (χ0) is 18.2. The summed E-state index contributed by atoms with van der Waals surface area (Å²) in [7, 11) is 1.16. The molecule has 0 heterocycles. The number of aliphatic hydroxyl groups excluding tert-OH is 1. The summed E-state index contributed by atoms with van der Waals surface area (Å²) in [6.45, 7) is 8.34. The Morgan fingerprint density at radius 1 is 1.17 bits per heavy atom. The third-order valence-corrected chi connectivity index (χ3v) is 2.82. The van der Waals surface area contributed by atoms with Gasteiger partial charge in [-0.25, -0.2) is 9.59 Å². The van der Waals surface area contributed by atoms with Crippen LogP contribution >= 0.6 is 0 Å². The Hall–Kier alpha value is -1.83. The van der Waals surface area contributed by atoms with Crippen LogP contribution in [0.25, 0.3) is 0 Å². The second-order valence-electron chi connectivity index (χ2n) is 6.24. The van der Waals surface area contributed by atoms with Crippen molar-refractivity contribution in [2.75, 3.05) is 7.11 Å². The lowest BCUT2D eigenvalue weighted by Crippen LogP contribution is -2.55. The summed E-state index contributed by atoms with van der Waals surface area (Å²) in [4.78, 5) is 35.6. The number of rotatable bonds is 7. The number of carbonyl (C=O) groups is 3. The number of hydrogen-bond acceptors (Lipinski definition) is 6. The molecular formula is C15H28N2O6. The van der Waals surface area contributed by atoms with E-state index in [4.69, 9.17) is 4.74 Å². The van der Waals surface area contributed by atoms with Gasteiger partial charge in [0.25, 0.3) is 0 Å². The molecule has 3 N–H and O–H groups in total. The summed E-state index contributed by atoms with van der Waals surface area (Å²) in [5, 5.41) is 14.4. The first kappa shape index (κ1) is 21.2. The number of ether oxygens (including phenoxy) is 2.